The van der Waals surface area contributed by atoms with Crippen molar-refractivity contribution in [3.63, 3.8) is 0 Å². The van der Waals surface area contributed by atoms with E-state index < -0.39 is 10.3 Å². The third-order valence-corrected chi connectivity index (χ3v) is 2.88. The largest absolute Gasteiger partial charge is 0.460 e. The number of ether oxygens (including phenoxy) is 2. The molecule has 1 aromatic carbocycles. The third kappa shape index (κ3) is 2.40. The molecule has 0 N–H and O–H groups in total. The van der Waals surface area contributed by atoms with E-state index in [1.54, 1.807) is 31.2 Å². The van der Waals surface area contributed by atoms with E-state index in [0.29, 0.717) is 11.3 Å². The zero-order valence-corrected chi connectivity index (χ0v) is 10.6. The molecule has 3 nitrogen and oxygen atoms in total. The average molecular weight is 273 g/mol. The standard InChI is InChI=1S/C12H10Cl2O3/c1-2-16-11(15)10-7-12(13,14)8-5-3-4-6-9(8)17-10/h3-7H,2H2,1H3. The van der Waals surface area contributed by atoms with Crippen molar-refractivity contribution in [2.24, 2.45) is 0 Å². The first-order chi connectivity index (χ1) is 8.04. The summed E-state index contributed by atoms with van der Waals surface area (Å²) >= 11 is 12.3. The van der Waals surface area contributed by atoms with Gasteiger partial charge in [0.1, 0.15) is 5.75 Å². The first kappa shape index (κ1) is 12.3. The van der Waals surface area contributed by atoms with Crippen LogP contribution in [0.4, 0.5) is 0 Å². The van der Waals surface area contributed by atoms with Crippen molar-refractivity contribution in [3.8, 4) is 5.75 Å². The Bertz CT molecular complexity index is 480. The van der Waals surface area contributed by atoms with Crippen molar-refractivity contribution in [2.75, 3.05) is 6.61 Å². The van der Waals surface area contributed by atoms with Crippen LogP contribution in [0, 0.1) is 0 Å². The fraction of sp³-hybridized carbons (Fsp3) is 0.250. The van der Waals surface area contributed by atoms with Crippen molar-refractivity contribution in [2.45, 2.75) is 11.3 Å². The highest BCUT2D eigenvalue weighted by Gasteiger charge is 2.35. The molecule has 17 heavy (non-hydrogen) atoms. The molecular weight excluding hydrogens is 263 g/mol. The van der Waals surface area contributed by atoms with Gasteiger partial charge in [-0.1, -0.05) is 41.4 Å². The molecule has 0 fully saturated rings. The molecule has 0 atom stereocenters. The van der Waals surface area contributed by atoms with Crippen molar-refractivity contribution >= 4 is 29.2 Å². The molecular formula is C12H10Cl2O3. The minimum Gasteiger partial charge on any atom is -0.460 e. The lowest BCUT2D eigenvalue weighted by Gasteiger charge is -2.25. The number of hydrogen-bond donors (Lipinski definition) is 0. The highest BCUT2D eigenvalue weighted by atomic mass is 35.5. The minimum absolute atomic E-state index is 0.00977. The number of carbonyl (C=O) groups excluding carboxylic acids is 1. The summed E-state index contributed by atoms with van der Waals surface area (Å²) < 4.78 is 8.96. The number of rotatable bonds is 2. The number of hydrogen-bond acceptors (Lipinski definition) is 3. The van der Waals surface area contributed by atoms with Gasteiger partial charge in [0.2, 0.25) is 5.76 Å². The summed E-state index contributed by atoms with van der Waals surface area (Å²) in [6.07, 6.45) is 1.34. The van der Waals surface area contributed by atoms with Gasteiger partial charge in [-0.25, -0.2) is 4.79 Å². The predicted molar refractivity (Wildman–Crippen MR) is 65.2 cm³/mol. The van der Waals surface area contributed by atoms with E-state index in [2.05, 4.69) is 0 Å². The van der Waals surface area contributed by atoms with Crippen molar-refractivity contribution in [1.82, 2.24) is 0 Å². The lowest BCUT2D eigenvalue weighted by molar-refractivity contribution is -0.141. The van der Waals surface area contributed by atoms with E-state index in [1.165, 1.54) is 6.08 Å². The Hall–Kier alpha value is -1.19. The van der Waals surface area contributed by atoms with E-state index in [1.807, 2.05) is 0 Å². The molecule has 0 unspecified atom stereocenters. The Morgan fingerprint density at radius 1 is 1.41 bits per heavy atom. The van der Waals surface area contributed by atoms with E-state index in [-0.39, 0.29) is 12.4 Å². The number of carbonyl (C=O) groups is 1. The van der Waals surface area contributed by atoms with Gasteiger partial charge < -0.3 is 9.47 Å². The summed E-state index contributed by atoms with van der Waals surface area (Å²) in [4.78, 5) is 11.6. The Balaban J connectivity index is 2.38. The lowest BCUT2D eigenvalue weighted by Crippen LogP contribution is -2.22. The maximum atomic E-state index is 11.6. The number of fused-ring (bicyclic) bond motifs is 1. The van der Waals surface area contributed by atoms with Gasteiger partial charge in [-0.05, 0) is 13.0 Å². The quantitative estimate of drug-likeness (QED) is 0.613. The van der Waals surface area contributed by atoms with Crippen molar-refractivity contribution in [3.05, 3.63) is 41.7 Å². The third-order valence-electron chi connectivity index (χ3n) is 2.26. The Morgan fingerprint density at radius 2 is 2.12 bits per heavy atom. The smallest absolute Gasteiger partial charge is 0.374 e. The molecule has 90 valence electrons. The molecule has 0 saturated carbocycles. The van der Waals surface area contributed by atoms with E-state index in [0.717, 1.165) is 0 Å². The number of halogens is 2. The SMILES string of the molecule is CCOC(=O)C1=CC(Cl)(Cl)c2ccccc2O1. The molecule has 0 spiro atoms. The van der Waals surface area contributed by atoms with Crippen molar-refractivity contribution < 1.29 is 14.3 Å². The predicted octanol–water partition coefficient (Wildman–Crippen LogP) is 3.16. The number of esters is 1. The molecule has 1 aliphatic rings. The Labute approximate surface area is 109 Å². The van der Waals surface area contributed by atoms with Gasteiger partial charge in [0, 0.05) is 11.6 Å². The fourth-order valence-electron chi connectivity index (χ4n) is 1.52. The molecule has 5 heteroatoms. The van der Waals surface area contributed by atoms with Gasteiger partial charge in [-0.2, -0.15) is 0 Å². The average Bonchev–Trinajstić information content (AvgIpc) is 2.28. The van der Waals surface area contributed by atoms with Crippen LogP contribution in [-0.4, -0.2) is 12.6 Å². The first-order valence-corrected chi connectivity index (χ1v) is 5.85. The van der Waals surface area contributed by atoms with Gasteiger partial charge in [-0.3, -0.25) is 0 Å². The normalized spacial score (nSPS) is 16.5. The van der Waals surface area contributed by atoms with Gasteiger partial charge >= 0.3 is 5.97 Å². The molecule has 0 aliphatic carbocycles. The second-order valence-electron chi connectivity index (χ2n) is 3.45. The molecule has 1 heterocycles. The summed E-state index contributed by atoms with van der Waals surface area (Å²) in [7, 11) is 0. The summed E-state index contributed by atoms with van der Waals surface area (Å²) in [5, 5.41) is 0. The van der Waals surface area contributed by atoms with Gasteiger partial charge in [0.15, 0.2) is 4.33 Å². The van der Waals surface area contributed by atoms with E-state index >= 15 is 0 Å². The van der Waals surface area contributed by atoms with Crippen LogP contribution in [0.15, 0.2) is 36.1 Å². The molecule has 1 aromatic rings. The van der Waals surface area contributed by atoms with Gasteiger partial charge in [-0.15, -0.1) is 0 Å². The molecule has 2 rings (SSSR count). The van der Waals surface area contributed by atoms with Gasteiger partial charge in [0.25, 0.3) is 0 Å². The van der Waals surface area contributed by atoms with Crippen molar-refractivity contribution in [1.29, 1.82) is 0 Å². The fourth-order valence-corrected chi connectivity index (χ4v) is 2.03. The van der Waals surface area contributed by atoms with Crippen LogP contribution in [-0.2, 0) is 13.9 Å². The highest BCUT2D eigenvalue weighted by Crippen LogP contribution is 2.44. The van der Waals surface area contributed by atoms with Crippen LogP contribution in [0.5, 0.6) is 5.75 Å². The summed E-state index contributed by atoms with van der Waals surface area (Å²) in [6.45, 7) is 1.97. The van der Waals surface area contributed by atoms with Crippen LogP contribution in [0.1, 0.15) is 12.5 Å². The number of allylic oxidation sites excluding steroid dienone is 1. The molecule has 1 aliphatic heterocycles. The zero-order valence-electron chi connectivity index (χ0n) is 9.07. The maximum Gasteiger partial charge on any atom is 0.374 e. The molecule has 0 bridgehead atoms. The Kier molecular flexibility index (Phi) is 3.31. The molecule has 0 radical (unpaired) electrons. The molecule has 0 saturated heterocycles. The van der Waals surface area contributed by atoms with Crippen LogP contribution >= 0.6 is 23.2 Å². The Morgan fingerprint density at radius 3 is 2.82 bits per heavy atom. The second kappa shape index (κ2) is 4.59. The molecule has 0 amide bonds. The zero-order chi connectivity index (χ0) is 12.5. The van der Waals surface area contributed by atoms with Crippen LogP contribution < -0.4 is 4.74 Å². The van der Waals surface area contributed by atoms with E-state index in [9.17, 15) is 4.79 Å². The summed E-state index contributed by atoms with van der Waals surface area (Å²) in [5.74, 6) is -0.105. The van der Waals surface area contributed by atoms with E-state index in [4.69, 9.17) is 32.7 Å². The summed E-state index contributed by atoms with van der Waals surface area (Å²) in [5.41, 5.74) is 0.608. The minimum atomic E-state index is -1.28. The number of alkyl halides is 2. The van der Waals surface area contributed by atoms with Crippen LogP contribution in [0.25, 0.3) is 0 Å². The highest BCUT2D eigenvalue weighted by molar-refractivity contribution is 6.49. The summed E-state index contributed by atoms with van der Waals surface area (Å²) in [6, 6.07) is 7.01. The topological polar surface area (TPSA) is 35.5 Å². The maximum absolute atomic E-state index is 11.6. The lowest BCUT2D eigenvalue weighted by atomic mass is 10.1. The second-order valence-corrected chi connectivity index (χ2v) is 4.84. The van der Waals surface area contributed by atoms with Crippen LogP contribution in [0.3, 0.4) is 0 Å². The van der Waals surface area contributed by atoms with Crippen LogP contribution in [0.2, 0.25) is 0 Å². The number of para-hydroxylation sites is 1. The van der Waals surface area contributed by atoms with Gasteiger partial charge in [0.05, 0.1) is 6.61 Å². The molecule has 0 aromatic heterocycles. The monoisotopic (exact) mass is 272 g/mol. The number of benzene rings is 1. The first-order valence-electron chi connectivity index (χ1n) is 5.09.